The summed E-state index contributed by atoms with van der Waals surface area (Å²) in [5.41, 5.74) is 2.01. The van der Waals surface area contributed by atoms with Crippen LogP contribution in [0.15, 0.2) is 18.2 Å². The van der Waals surface area contributed by atoms with Gasteiger partial charge < -0.3 is 15.4 Å². The lowest BCUT2D eigenvalue weighted by Crippen LogP contribution is -2.56. The van der Waals surface area contributed by atoms with Crippen molar-refractivity contribution in [1.82, 2.24) is 5.32 Å². The van der Waals surface area contributed by atoms with Crippen molar-refractivity contribution in [3.05, 3.63) is 23.8 Å². The smallest absolute Gasteiger partial charge is 0.266 e. The van der Waals surface area contributed by atoms with Crippen LogP contribution >= 0.6 is 0 Å². The van der Waals surface area contributed by atoms with Crippen LogP contribution in [0.1, 0.15) is 57.4 Å². The van der Waals surface area contributed by atoms with Crippen LogP contribution < -0.4 is 15.4 Å². The molecule has 4 fully saturated rings. The zero-order chi connectivity index (χ0) is 19.5. The lowest BCUT2D eigenvalue weighted by atomic mass is 9.48. The first-order valence-corrected chi connectivity index (χ1v) is 10.8. The third-order valence-corrected chi connectivity index (χ3v) is 7.71. The summed E-state index contributed by atoms with van der Waals surface area (Å²) in [5.74, 6) is 2.89. The van der Waals surface area contributed by atoms with Gasteiger partial charge in [0.2, 0.25) is 5.91 Å². The predicted octanol–water partition coefficient (Wildman–Crippen LogP) is 3.81. The first-order valence-electron chi connectivity index (χ1n) is 10.8. The van der Waals surface area contributed by atoms with E-state index < -0.39 is 6.10 Å². The van der Waals surface area contributed by atoms with Gasteiger partial charge in [-0.3, -0.25) is 9.59 Å². The van der Waals surface area contributed by atoms with E-state index >= 15 is 0 Å². The van der Waals surface area contributed by atoms with Gasteiger partial charge in [0.05, 0.1) is 12.1 Å². The summed E-state index contributed by atoms with van der Waals surface area (Å²) >= 11 is 0. The highest BCUT2D eigenvalue weighted by Gasteiger charge is 2.53. The Bertz CT molecular complexity index is 783. The highest BCUT2D eigenvalue weighted by molar-refractivity contribution is 6.00. The van der Waals surface area contributed by atoms with E-state index in [0.29, 0.717) is 11.4 Å². The Kier molecular flexibility index (Phi) is 4.18. The fourth-order valence-electron chi connectivity index (χ4n) is 6.73. The molecular formula is C23H30N2O3. The number of hydrogen-bond donors (Lipinski definition) is 2. The van der Waals surface area contributed by atoms with E-state index in [2.05, 4.69) is 17.6 Å². The molecule has 0 saturated heterocycles. The molecule has 1 aromatic rings. The van der Waals surface area contributed by atoms with Crippen molar-refractivity contribution >= 4 is 17.5 Å². The Morgan fingerprint density at radius 1 is 1.21 bits per heavy atom. The van der Waals surface area contributed by atoms with Gasteiger partial charge in [0.25, 0.3) is 5.91 Å². The zero-order valence-electron chi connectivity index (χ0n) is 16.8. The van der Waals surface area contributed by atoms with E-state index in [9.17, 15) is 9.59 Å². The zero-order valence-corrected chi connectivity index (χ0v) is 16.8. The number of aryl methyl sites for hydroxylation is 1. The van der Waals surface area contributed by atoms with Crippen LogP contribution in [0.2, 0.25) is 0 Å². The molecule has 0 aromatic heterocycles. The molecule has 4 saturated carbocycles. The van der Waals surface area contributed by atoms with Crippen molar-refractivity contribution in [3.63, 3.8) is 0 Å². The second kappa shape index (κ2) is 6.50. The molecule has 5 aliphatic rings. The molecule has 4 bridgehead atoms. The van der Waals surface area contributed by atoms with Gasteiger partial charge >= 0.3 is 0 Å². The minimum absolute atomic E-state index is 0.0653. The maximum atomic E-state index is 12.8. The summed E-state index contributed by atoms with van der Waals surface area (Å²) in [5, 5.41) is 6.11. The largest absolute Gasteiger partial charge is 0.478 e. The third-order valence-electron chi connectivity index (χ3n) is 7.71. The molecule has 0 unspecified atom stereocenters. The predicted molar refractivity (Wildman–Crippen MR) is 107 cm³/mol. The molecule has 1 heterocycles. The summed E-state index contributed by atoms with van der Waals surface area (Å²) < 4.78 is 5.83. The Morgan fingerprint density at radius 3 is 2.50 bits per heavy atom. The van der Waals surface area contributed by atoms with Gasteiger partial charge in [0.15, 0.2) is 6.10 Å². The minimum Gasteiger partial charge on any atom is -0.478 e. The lowest BCUT2D eigenvalue weighted by Gasteiger charge is -2.59. The van der Waals surface area contributed by atoms with Crippen molar-refractivity contribution in [2.24, 2.45) is 23.2 Å². The fourth-order valence-corrected chi connectivity index (χ4v) is 6.73. The lowest BCUT2D eigenvalue weighted by molar-refractivity contribution is -0.133. The molecule has 5 nitrogen and oxygen atoms in total. The van der Waals surface area contributed by atoms with Crippen LogP contribution in [0.4, 0.5) is 5.69 Å². The van der Waals surface area contributed by atoms with Crippen molar-refractivity contribution in [2.45, 2.75) is 70.9 Å². The molecule has 4 aliphatic carbocycles. The third kappa shape index (κ3) is 3.09. The van der Waals surface area contributed by atoms with Crippen molar-refractivity contribution < 1.29 is 14.3 Å². The quantitative estimate of drug-likeness (QED) is 0.832. The Labute approximate surface area is 166 Å². The number of amides is 2. The molecule has 2 atom stereocenters. The van der Waals surface area contributed by atoms with Gasteiger partial charge in [-0.05, 0) is 93.2 Å². The van der Waals surface area contributed by atoms with Crippen molar-refractivity contribution in [3.8, 4) is 5.75 Å². The number of hydrogen-bond acceptors (Lipinski definition) is 3. The van der Waals surface area contributed by atoms with Crippen LogP contribution in [0.25, 0.3) is 0 Å². The molecule has 2 N–H and O–H groups in total. The number of carbonyl (C=O) groups is 2. The second-order valence-corrected chi connectivity index (χ2v) is 9.87. The number of fused-ring (bicyclic) bond motifs is 1. The maximum absolute atomic E-state index is 12.8. The number of ether oxygens (including phenoxy) is 1. The molecule has 5 heteroatoms. The van der Waals surface area contributed by atoms with Gasteiger partial charge in [-0.1, -0.05) is 6.07 Å². The highest BCUT2D eigenvalue weighted by Crippen LogP contribution is 2.61. The summed E-state index contributed by atoms with van der Waals surface area (Å²) in [7, 11) is 0. The molecule has 1 aliphatic heterocycles. The van der Waals surface area contributed by atoms with E-state index in [0.717, 1.165) is 23.3 Å². The Hall–Kier alpha value is -2.04. The molecular weight excluding hydrogens is 352 g/mol. The van der Waals surface area contributed by atoms with Gasteiger partial charge in [0.1, 0.15) is 5.75 Å². The SMILES string of the molecule is Cc1ccc2c(c1)NC(=O)[C@@H](CC(=O)N[C@H](C)C13CC4CC(CC(C4)C1)C3)O2. The van der Waals surface area contributed by atoms with Crippen LogP contribution in [0.5, 0.6) is 5.75 Å². The van der Waals surface area contributed by atoms with Crippen LogP contribution in [0.3, 0.4) is 0 Å². The van der Waals surface area contributed by atoms with E-state index in [-0.39, 0.29) is 29.7 Å². The van der Waals surface area contributed by atoms with Crippen molar-refractivity contribution in [1.29, 1.82) is 0 Å². The van der Waals surface area contributed by atoms with E-state index in [1.807, 2.05) is 25.1 Å². The maximum Gasteiger partial charge on any atom is 0.266 e. The van der Waals surface area contributed by atoms with E-state index in [1.54, 1.807) is 0 Å². The average Bonchev–Trinajstić information content (AvgIpc) is 2.61. The van der Waals surface area contributed by atoms with Crippen molar-refractivity contribution in [2.75, 3.05) is 5.32 Å². The van der Waals surface area contributed by atoms with Gasteiger partial charge in [-0.25, -0.2) is 0 Å². The Morgan fingerprint density at radius 2 is 1.86 bits per heavy atom. The first-order chi connectivity index (χ1) is 13.4. The van der Waals surface area contributed by atoms with Crippen LogP contribution in [-0.2, 0) is 9.59 Å². The molecule has 1 aromatic carbocycles. The molecule has 0 radical (unpaired) electrons. The minimum atomic E-state index is -0.765. The van der Waals surface area contributed by atoms with Gasteiger partial charge in [-0.2, -0.15) is 0 Å². The number of rotatable bonds is 4. The van der Waals surface area contributed by atoms with Crippen LogP contribution in [-0.4, -0.2) is 24.0 Å². The normalized spacial score (nSPS) is 36.3. The molecule has 6 rings (SSSR count). The second-order valence-electron chi connectivity index (χ2n) is 9.87. The molecule has 28 heavy (non-hydrogen) atoms. The first kappa shape index (κ1) is 18.0. The standard InChI is InChI=1S/C23H30N2O3/c1-13-3-4-19-18(5-13)25-22(27)20(28-19)9-21(26)24-14(2)23-10-15-6-16(11-23)8-17(7-15)12-23/h3-5,14-17,20H,6-12H2,1-2H3,(H,24,26)(H,25,27)/t14-,15?,16?,17?,20-,23?/m1/s1. The molecule has 2 amide bonds. The molecule has 0 spiro atoms. The number of benzene rings is 1. The van der Waals surface area contributed by atoms with Gasteiger partial charge in [0, 0.05) is 6.04 Å². The van der Waals surface area contributed by atoms with Crippen LogP contribution in [0, 0.1) is 30.1 Å². The topological polar surface area (TPSA) is 67.4 Å². The highest BCUT2D eigenvalue weighted by atomic mass is 16.5. The van der Waals surface area contributed by atoms with E-state index in [4.69, 9.17) is 4.74 Å². The summed E-state index contributed by atoms with van der Waals surface area (Å²) in [6.07, 6.45) is 7.27. The number of nitrogens with one attached hydrogen (secondary N) is 2. The summed E-state index contributed by atoms with van der Waals surface area (Å²) in [6, 6.07) is 5.85. The molecule has 150 valence electrons. The number of anilines is 1. The average molecular weight is 383 g/mol. The van der Waals surface area contributed by atoms with Gasteiger partial charge in [-0.15, -0.1) is 0 Å². The van der Waals surface area contributed by atoms with E-state index in [1.165, 1.54) is 38.5 Å². The Balaban J connectivity index is 1.23. The monoisotopic (exact) mass is 382 g/mol. The summed E-state index contributed by atoms with van der Waals surface area (Å²) in [4.78, 5) is 25.2. The fraction of sp³-hybridized carbons (Fsp3) is 0.652. The number of carbonyl (C=O) groups excluding carboxylic acids is 2. The summed E-state index contributed by atoms with van der Waals surface area (Å²) in [6.45, 7) is 4.14.